The van der Waals surface area contributed by atoms with Gasteiger partial charge in [-0.2, -0.15) is 0 Å². The molecule has 0 aromatic carbocycles. The summed E-state index contributed by atoms with van der Waals surface area (Å²) in [5.74, 6) is -1.01. The van der Waals surface area contributed by atoms with Crippen molar-refractivity contribution in [1.82, 2.24) is 4.90 Å². The largest absolute Gasteiger partial charge is 0.472 e. The third-order valence-corrected chi connectivity index (χ3v) is 9.75. The molecule has 2 unspecified atom stereocenters. The Labute approximate surface area is 371 Å². The summed E-state index contributed by atoms with van der Waals surface area (Å²) < 4.78 is 33.3. The predicted molar refractivity (Wildman–Crippen MR) is 256 cm³/mol. The first-order valence-corrected chi connectivity index (χ1v) is 24.3. The molecule has 0 fully saturated rings. The fourth-order valence-corrected chi connectivity index (χ4v) is 5.98. The van der Waals surface area contributed by atoms with Crippen LogP contribution in [0.1, 0.15) is 142 Å². The molecule has 0 spiro atoms. The van der Waals surface area contributed by atoms with Crippen LogP contribution in [-0.2, 0) is 32.7 Å². The Morgan fingerprint density at radius 3 is 1.25 bits per heavy atom. The Bertz CT molecular complexity index is 1420. The minimum atomic E-state index is -4.41. The zero-order valence-corrected chi connectivity index (χ0v) is 39.2. The van der Waals surface area contributed by atoms with Gasteiger partial charge >= 0.3 is 19.8 Å². The number of hydrogen-bond donors (Lipinski definition) is 1. The van der Waals surface area contributed by atoms with Crippen LogP contribution in [0.2, 0.25) is 0 Å². The Balaban J connectivity index is 4.54. The van der Waals surface area contributed by atoms with Crippen molar-refractivity contribution >= 4 is 19.8 Å². The number of unbranched alkanes of at least 4 members (excludes halogenated alkanes) is 6. The van der Waals surface area contributed by atoms with Crippen molar-refractivity contribution < 1.29 is 37.6 Å². The van der Waals surface area contributed by atoms with Crippen LogP contribution in [0, 0.1) is 0 Å². The lowest BCUT2D eigenvalue weighted by Crippen LogP contribution is -2.29. The number of phosphoric acid groups is 1. The van der Waals surface area contributed by atoms with Crippen LogP contribution in [-0.4, -0.2) is 68.3 Å². The van der Waals surface area contributed by atoms with Crippen LogP contribution in [0.25, 0.3) is 0 Å². The molecule has 0 heterocycles. The maximum atomic E-state index is 12.6. The van der Waals surface area contributed by atoms with Crippen molar-refractivity contribution in [2.75, 3.05) is 40.5 Å². The molecule has 1 N–H and O–H groups in total. The van der Waals surface area contributed by atoms with Crippen molar-refractivity contribution in [2.45, 2.75) is 148 Å². The van der Waals surface area contributed by atoms with Crippen LogP contribution in [0.4, 0.5) is 0 Å². The molecule has 0 aliphatic carbocycles. The van der Waals surface area contributed by atoms with Gasteiger partial charge in [0.2, 0.25) is 0 Å². The maximum Gasteiger partial charge on any atom is 0.472 e. The third kappa shape index (κ3) is 45.8. The predicted octanol–water partition coefficient (Wildman–Crippen LogP) is 13.5. The second-order valence-corrected chi connectivity index (χ2v) is 16.3. The molecule has 2 atom stereocenters. The number of esters is 2. The number of likely N-dealkylation sites (N-methyl/N-ethyl adjacent to an activating group) is 1. The molecule has 0 saturated carbocycles. The number of nitrogens with zero attached hydrogens (tertiary/aromatic N) is 1. The lowest BCUT2D eigenvalue weighted by Gasteiger charge is -2.20. The number of ether oxygens (including phenoxy) is 2. The van der Waals surface area contributed by atoms with E-state index in [-0.39, 0.29) is 26.1 Å². The number of phosphoric ester groups is 1. The standard InChI is InChI=1S/C51H82NO8P/c1-5-7-9-11-13-15-17-19-21-23-25-27-29-31-33-35-37-39-41-43-50(53)57-47-49(48-59-61(55,56)58-46-45-52(3)4)60-51(54)44-42-40-38-36-34-32-30-28-26-24-22-20-18-16-14-12-10-8-6-2/h13-16,19-22,25-28,31-34,37-40,49H,5-12,17-18,23-24,29-30,35-36,41-48H2,1-4H3,(H,55,56)/b15-13-,16-14-,21-19-,22-20-,27-25-,28-26-,33-31-,34-32-,39-37-,40-38-. The van der Waals surface area contributed by atoms with Crippen LogP contribution >= 0.6 is 7.82 Å². The van der Waals surface area contributed by atoms with E-state index in [4.69, 9.17) is 18.5 Å². The zero-order chi connectivity index (χ0) is 44.8. The van der Waals surface area contributed by atoms with Crippen LogP contribution in [0.15, 0.2) is 122 Å². The van der Waals surface area contributed by atoms with Crippen molar-refractivity contribution in [1.29, 1.82) is 0 Å². The average molecular weight is 868 g/mol. The van der Waals surface area contributed by atoms with Crippen molar-refractivity contribution in [2.24, 2.45) is 0 Å². The summed E-state index contributed by atoms with van der Waals surface area (Å²) in [7, 11) is -0.797. The zero-order valence-electron chi connectivity index (χ0n) is 38.3. The molecule has 0 radical (unpaired) electrons. The summed E-state index contributed by atoms with van der Waals surface area (Å²) in [6.45, 7) is 4.06. The van der Waals surface area contributed by atoms with Gasteiger partial charge in [0.15, 0.2) is 6.10 Å². The molecule has 0 bridgehead atoms. The van der Waals surface area contributed by atoms with E-state index in [2.05, 4.69) is 111 Å². The van der Waals surface area contributed by atoms with E-state index >= 15 is 0 Å². The molecule has 0 amide bonds. The van der Waals surface area contributed by atoms with Crippen molar-refractivity contribution in [3.05, 3.63) is 122 Å². The average Bonchev–Trinajstić information content (AvgIpc) is 3.23. The molecule has 10 heteroatoms. The van der Waals surface area contributed by atoms with Gasteiger partial charge in [0, 0.05) is 19.4 Å². The number of carbonyl (C=O) groups excluding carboxylic acids is 2. The van der Waals surface area contributed by atoms with Gasteiger partial charge in [-0.15, -0.1) is 0 Å². The highest BCUT2D eigenvalue weighted by atomic mass is 31.2. The van der Waals surface area contributed by atoms with E-state index in [9.17, 15) is 19.0 Å². The normalized spacial score (nSPS) is 14.5. The van der Waals surface area contributed by atoms with E-state index in [1.165, 1.54) is 51.4 Å². The van der Waals surface area contributed by atoms with E-state index in [1.54, 1.807) is 19.0 Å². The first kappa shape index (κ1) is 57.4. The van der Waals surface area contributed by atoms with Gasteiger partial charge in [-0.1, -0.05) is 161 Å². The second kappa shape index (κ2) is 44.5. The molecule has 0 aliphatic rings. The van der Waals surface area contributed by atoms with E-state index < -0.39 is 32.5 Å². The van der Waals surface area contributed by atoms with Gasteiger partial charge < -0.3 is 19.3 Å². The second-order valence-electron chi connectivity index (χ2n) is 14.9. The molecule has 0 rings (SSSR count). The maximum absolute atomic E-state index is 12.6. The lowest BCUT2D eigenvalue weighted by atomic mass is 10.2. The summed E-state index contributed by atoms with van der Waals surface area (Å²) in [6.07, 6.45) is 59.9. The summed E-state index contributed by atoms with van der Waals surface area (Å²) in [5.41, 5.74) is 0. The molecular formula is C51H82NO8P. The van der Waals surface area contributed by atoms with Crippen molar-refractivity contribution in [3.8, 4) is 0 Å². The van der Waals surface area contributed by atoms with Crippen LogP contribution in [0.3, 0.4) is 0 Å². The Hall–Kier alpha value is -3.59. The molecule has 0 aromatic rings. The minimum absolute atomic E-state index is 0.0243. The highest BCUT2D eigenvalue weighted by molar-refractivity contribution is 7.47. The molecule has 0 aromatic heterocycles. The lowest BCUT2D eigenvalue weighted by molar-refractivity contribution is -0.161. The topological polar surface area (TPSA) is 112 Å². The smallest absolute Gasteiger partial charge is 0.462 e. The van der Waals surface area contributed by atoms with E-state index in [0.29, 0.717) is 19.4 Å². The molecule has 61 heavy (non-hydrogen) atoms. The number of hydrogen-bond acceptors (Lipinski definition) is 8. The summed E-state index contributed by atoms with van der Waals surface area (Å²) in [4.78, 5) is 37.0. The Kier molecular flexibility index (Phi) is 41.8. The number of rotatable bonds is 40. The Morgan fingerprint density at radius 2 is 0.869 bits per heavy atom. The minimum Gasteiger partial charge on any atom is -0.462 e. The first-order valence-electron chi connectivity index (χ1n) is 22.8. The van der Waals surface area contributed by atoms with E-state index in [0.717, 1.165) is 51.4 Å². The quantitative estimate of drug-likeness (QED) is 0.0278. The summed E-state index contributed by atoms with van der Waals surface area (Å²) in [5, 5.41) is 0. The number of carbonyl (C=O) groups is 2. The van der Waals surface area contributed by atoms with E-state index in [1.807, 2.05) is 24.3 Å². The molecule has 0 saturated heterocycles. The van der Waals surface area contributed by atoms with Crippen LogP contribution in [0.5, 0.6) is 0 Å². The fourth-order valence-electron chi connectivity index (χ4n) is 5.24. The van der Waals surface area contributed by atoms with Gasteiger partial charge in [-0.25, -0.2) is 4.57 Å². The molecule has 0 aliphatic heterocycles. The summed E-state index contributed by atoms with van der Waals surface area (Å²) >= 11 is 0. The number of allylic oxidation sites excluding steroid dienone is 20. The first-order chi connectivity index (χ1) is 29.7. The molecule has 9 nitrogen and oxygen atoms in total. The SMILES string of the molecule is CCCCC/C=C\C/C=C\C/C=C\C/C=C\C/C=C\CCC(=O)OCC(COP(=O)(O)OCCN(C)C)OC(=O)CC/C=C\C/C=C\C/C=C\C/C=C\C/C=C\CCCCC. The van der Waals surface area contributed by atoms with Gasteiger partial charge in [0.05, 0.1) is 13.2 Å². The van der Waals surface area contributed by atoms with Crippen LogP contribution < -0.4 is 0 Å². The third-order valence-electron chi connectivity index (χ3n) is 8.77. The van der Waals surface area contributed by atoms with Gasteiger partial charge in [0.25, 0.3) is 0 Å². The molecular weight excluding hydrogens is 786 g/mol. The van der Waals surface area contributed by atoms with Crippen molar-refractivity contribution in [3.63, 3.8) is 0 Å². The Morgan fingerprint density at radius 1 is 0.508 bits per heavy atom. The highest BCUT2D eigenvalue weighted by Gasteiger charge is 2.26. The van der Waals surface area contributed by atoms with Gasteiger partial charge in [-0.3, -0.25) is 18.6 Å². The monoisotopic (exact) mass is 868 g/mol. The molecule has 344 valence electrons. The van der Waals surface area contributed by atoms with Gasteiger partial charge in [-0.05, 0) is 104 Å². The van der Waals surface area contributed by atoms with Gasteiger partial charge in [0.1, 0.15) is 6.61 Å². The highest BCUT2D eigenvalue weighted by Crippen LogP contribution is 2.43. The summed E-state index contributed by atoms with van der Waals surface area (Å²) in [6, 6.07) is 0. The fraction of sp³-hybridized carbons (Fsp3) is 0.569.